The van der Waals surface area contributed by atoms with Crippen molar-refractivity contribution in [3.63, 3.8) is 0 Å². The van der Waals surface area contributed by atoms with Gasteiger partial charge < -0.3 is 10.2 Å². The Morgan fingerprint density at radius 3 is 2.29 bits per heavy atom. The number of rotatable bonds is 6. The van der Waals surface area contributed by atoms with Gasteiger partial charge in [0.2, 0.25) is 0 Å². The Labute approximate surface area is 114 Å². The van der Waals surface area contributed by atoms with Gasteiger partial charge in [0, 0.05) is 23.1 Å². The molecule has 2 atom stereocenters. The number of benzene rings is 1. The fourth-order valence-electron chi connectivity index (χ4n) is 1.69. The predicted molar refractivity (Wildman–Crippen MR) is 78.3 cm³/mol. The van der Waals surface area contributed by atoms with E-state index in [-0.39, 0.29) is 0 Å². The first-order valence-corrected chi connectivity index (χ1v) is 6.99. The van der Waals surface area contributed by atoms with E-state index in [9.17, 15) is 0 Å². The Bertz CT molecular complexity index is 321. The van der Waals surface area contributed by atoms with Crippen LogP contribution in [-0.4, -0.2) is 31.6 Å². The van der Waals surface area contributed by atoms with Crippen LogP contribution in [0.2, 0.25) is 0 Å². The minimum Gasteiger partial charge on any atom is -0.308 e. The van der Waals surface area contributed by atoms with Crippen molar-refractivity contribution in [1.29, 1.82) is 0 Å². The van der Waals surface area contributed by atoms with Gasteiger partial charge in [0.15, 0.2) is 0 Å². The molecular weight excluding hydrogens is 276 g/mol. The van der Waals surface area contributed by atoms with Crippen molar-refractivity contribution in [1.82, 2.24) is 10.2 Å². The summed E-state index contributed by atoms with van der Waals surface area (Å²) >= 11 is 3.47. The van der Waals surface area contributed by atoms with Crippen LogP contribution in [-0.2, 0) is 0 Å². The monoisotopic (exact) mass is 298 g/mol. The molecule has 0 fully saturated rings. The second-order valence-corrected chi connectivity index (χ2v) is 5.65. The van der Waals surface area contributed by atoms with Crippen molar-refractivity contribution in [2.45, 2.75) is 32.4 Å². The quantitative estimate of drug-likeness (QED) is 0.865. The number of hydrogen-bond acceptors (Lipinski definition) is 2. The van der Waals surface area contributed by atoms with Gasteiger partial charge in [0.05, 0.1) is 0 Å². The van der Waals surface area contributed by atoms with Crippen LogP contribution < -0.4 is 5.32 Å². The standard InChI is InChI=1S/C14H23BrN2/c1-5-14(16-10-11(2)17(3)4)12-6-8-13(15)9-7-12/h6-9,11,14,16H,5,10H2,1-4H3. The van der Waals surface area contributed by atoms with Crippen LogP contribution >= 0.6 is 15.9 Å². The van der Waals surface area contributed by atoms with Gasteiger partial charge in [-0.15, -0.1) is 0 Å². The van der Waals surface area contributed by atoms with Crippen LogP contribution in [0.5, 0.6) is 0 Å². The minimum absolute atomic E-state index is 0.450. The molecule has 0 aromatic heterocycles. The zero-order chi connectivity index (χ0) is 12.8. The zero-order valence-electron chi connectivity index (χ0n) is 11.2. The van der Waals surface area contributed by atoms with E-state index in [1.54, 1.807) is 0 Å². The van der Waals surface area contributed by atoms with Gasteiger partial charge >= 0.3 is 0 Å². The Kier molecular flexibility index (Phi) is 6.17. The summed E-state index contributed by atoms with van der Waals surface area (Å²) in [6, 6.07) is 9.59. The highest BCUT2D eigenvalue weighted by Gasteiger charge is 2.11. The Morgan fingerprint density at radius 1 is 1.24 bits per heavy atom. The first-order chi connectivity index (χ1) is 8.04. The third kappa shape index (κ3) is 4.78. The van der Waals surface area contributed by atoms with Crippen molar-refractivity contribution in [3.8, 4) is 0 Å². The van der Waals surface area contributed by atoms with Crippen molar-refractivity contribution in [2.75, 3.05) is 20.6 Å². The molecule has 1 rings (SSSR count). The van der Waals surface area contributed by atoms with Crippen molar-refractivity contribution in [2.24, 2.45) is 0 Å². The maximum Gasteiger partial charge on any atom is 0.0318 e. The van der Waals surface area contributed by atoms with Gasteiger partial charge in [-0.25, -0.2) is 0 Å². The Hall–Kier alpha value is -0.380. The molecule has 17 heavy (non-hydrogen) atoms. The maximum atomic E-state index is 3.63. The molecular formula is C14H23BrN2. The van der Waals surface area contributed by atoms with E-state index in [2.05, 4.69) is 78.4 Å². The van der Waals surface area contributed by atoms with Gasteiger partial charge in [-0.2, -0.15) is 0 Å². The van der Waals surface area contributed by atoms with E-state index in [1.165, 1.54) is 5.56 Å². The lowest BCUT2D eigenvalue weighted by Crippen LogP contribution is -2.37. The van der Waals surface area contributed by atoms with Crippen molar-refractivity contribution >= 4 is 15.9 Å². The van der Waals surface area contributed by atoms with Crippen LogP contribution in [0.4, 0.5) is 0 Å². The molecule has 2 unspecified atom stereocenters. The summed E-state index contributed by atoms with van der Waals surface area (Å²) in [4.78, 5) is 2.24. The summed E-state index contributed by atoms with van der Waals surface area (Å²) in [7, 11) is 4.24. The van der Waals surface area contributed by atoms with Crippen LogP contribution in [0.15, 0.2) is 28.7 Å². The summed E-state index contributed by atoms with van der Waals surface area (Å²) in [6.07, 6.45) is 1.11. The fourth-order valence-corrected chi connectivity index (χ4v) is 1.95. The molecule has 0 amide bonds. The molecule has 3 heteroatoms. The highest BCUT2D eigenvalue weighted by atomic mass is 79.9. The van der Waals surface area contributed by atoms with E-state index in [0.29, 0.717) is 12.1 Å². The molecule has 0 bridgehead atoms. The molecule has 0 aliphatic carbocycles. The summed E-state index contributed by atoms with van der Waals surface area (Å²) < 4.78 is 1.14. The summed E-state index contributed by atoms with van der Waals surface area (Å²) in [5, 5.41) is 3.63. The normalized spacial score (nSPS) is 14.9. The molecule has 0 aliphatic heterocycles. The lowest BCUT2D eigenvalue weighted by molar-refractivity contribution is 0.292. The molecule has 96 valence electrons. The molecule has 0 saturated heterocycles. The minimum atomic E-state index is 0.450. The third-order valence-corrected chi connectivity index (χ3v) is 3.75. The average molecular weight is 299 g/mol. The van der Waals surface area contributed by atoms with E-state index < -0.39 is 0 Å². The molecule has 0 radical (unpaired) electrons. The van der Waals surface area contributed by atoms with Gasteiger partial charge in [-0.1, -0.05) is 35.0 Å². The van der Waals surface area contributed by atoms with Crippen LogP contribution in [0, 0.1) is 0 Å². The lowest BCUT2D eigenvalue weighted by Gasteiger charge is -2.24. The lowest BCUT2D eigenvalue weighted by atomic mass is 10.0. The second-order valence-electron chi connectivity index (χ2n) is 4.73. The molecule has 1 aromatic carbocycles. The average Bonchev–Trinajstić information content (AvgIpc) is 2.31. The maximum absolute atomic E-state index is 3.63. The molecule has 1 aromatic rings. The van der Waals surface area contributed by atoms with Gasteiger partial charge in [-0.3, -0.25) is 0 Å². The van der Waals surface area contributed by atoms with Crippen molar-refractivity contribution < 1.29 is 0 Å². The number of likely N-dealkylation sites (N-methyl/N-ethyl adjacent to an activating group) is 1. The highest BCUT2D eigenvalue weighted by molar-refractivity contribution is 9.10. The predicted octanol–water partition coefficient (Wildman–Crippen LogP) is 3.44. The molecule has 0 heterocycles. The fraction of sp³-hybridized carbons (Fsp3) is 0.571. The third-order valence-electron chi connectivity index (χ3n) is 3.22. The Balaban J connectivity index is 2.57. The topological polar surface area (TPSA) is 15.3 Å². The zero-order valence-corrected chi connectivity index (χ0v) is 12.8. The molecule has 0 aliphatic rings. The SMILES string of the molecule is CCC(NCC(C)N(C)C)c1ccc(Br)cc1. The molecule has 2 nitrogen and oxygen atoms in total. The molecule has 0 spiro atoms. The van der Waals surface area contributed by atoms with Crippen molar-refractivity contribution in [3.05, 3.63) is 34.3 Å². The van der Waals surface area contributed by atoms with Gasteiger partial charge in [0.1, 0.15) is 0 Å². The van der Waals surface area contributed by atoms with E-state index in [1.807, 2.05) is 0 Å². The van der Waals surface area contributed by atoms with Gasteiger partial charge in [-0.05, 0) is 45.1 Å². The molecule has 1 N–H and O–H groups in total. The van der Waals surface area contributed by atoms with Gasteiger partial charge in [0.25, 0.3) is 0 Å². The van der Waals surface area contributed by atoms with E-state index in [4.69, 9.17) is 0 Å². The van der Waals surface area contributed by atoms with Crippen LogP contribution in [0.3, 0.4) is 0 Å². The van der Waals surface area contributed by atoms with Crippen LogP contribution in [0.1, 0.15) is 31.9 Å². The van der Waals surface area contributed by atoms with Crippen LogP contribution in [0.25, 0.3) is 0 Å². The van der Waals surface area contributed by atoms with E-state index in [0.717, 1.165) is 17.4 Å². The number of nitrogens with one attached hydrogen (secondary N) is 1. The smallest absolute Gasteiger partial charge is 0.0318 e. The second kappa shape index (κ2) is 7.14. The highest BCUT2D eigenvalue weighted by Crippen LogP contribution is 2.19. The number of halogens is 1. The molecule has 0 saturated carbocycles. The summed E-state index contributed by atoms with van der Waals surface area (Å²) in [6.45, 7) is 5.48. The largest absolute Gasteiger partial charge is 0.308 e. The van der Waals surface area contributed by atoms with E-state index >= 15 is 0 Å². The first-order valence-electron chi connectivity index (χ1n) is 6.19. The number of nitrogens with zero attached hydrogens (tertiary/aromatic N) is 1. The summed E-state index contributed by atoms with van der Waals surface area (Å²) in [5.41, 5.74) is 1.36. The number of hydrogen-bond donors (Lipinski definition) is 1. The summed E-state index contributed by atoms with van der Waals surface area (Å²) in [5.74, 6) is 0. The Morgan fingerprint density at radius 2 is 1.82 bits per heavy atom. The first kappa shape index (κ1) is 14.7.